The number of aromatic nitrogens is 1. The Bertz CT molecular complexity index is 4720. The molecule has 0 saturated heterocycles. The van der Waals surface area contributed by atoms with Crippen LogP contribution in [0, 0.1) is 0 Å². The minimum absolute atomic E-state index is 0.165. The Morgan fingerprint density at radius 1 is 0.356 bits per heavy atom. The Kier molecular flexibility index (Phi) is 20.1. The normalized spacial score (nSPS) is 10.6. The van der Waals surface area contributed by atoms with Gasteiger partial charge in [0.1, 0.15) is 0 Å². The van der Waals surface area contributed by atoms with Gasteiger partial charge in [0.25, 0.3) is 5.91 Å². The molecule has 1 aromatic heterocycles. The molecule has 0 aliphatic heterocycles. The number of fused-ring (bicyclic) bond motifs is 3. The molecular weight excluding hydrogens is 1170 g/mol. The molecular formula is C80H59BCl3N3O3. The first-order valence-corrected chi connectivity index (χ1v) is 30.4. The largest absolute Gasteiger partial charge is 0.489 e. The van der Waals surface area contributed by atoms with Crippen LogP contribution in [0.2, 0.25) is 15.1 Å². The van der Waals surface area contributed by atoms with Crippen LogP contribution in [-0.2, 0) is 0 Å². The van der Waals surface area contributed by atoms with Crippen molar-refractivity contribution in [2.75, 3.05) is 11.1 Å². The maximum atomic E-state index is 12.7. The molecule has 0 atom stereocenters. The summed E-state index contributed by atoms with van der Waals surface area (Å²) in [4.78, 5) is 17.7. The number of nitrogens with zero attached hydrogens (tertiary/aromatic N) is 1. The van der Waals surface area contributed by atoms with Gasteiger partial charge in [0.15, 0.2) is 0 Å². The van der Waals surface area contributed by atoms with E-state index < -0.39 is 7.12 Å². The summed E-state index contributed by atoms with van der Waals surface area (Å²) in [7, 11) is -1.43. The lowest BCUT2D eigenvalue weighted by molar-refractivity contribution is 0.102. The first-order valence-electron chi connectivity index (χ1n) is 29.2. The number of carbonyl (C=O) groups is 1. The molecule has 0 bridgehead atoms. The molecule has 0 fully saturated rings. The zero-order valence-corrected chi connectivity index (χ0v) is 51.0. The van der Waals surface area contributed by atoms with Crippen LogP contribution in [0.25, 0.3) is 99.7 Å². The maximum absolute atomic E-state index is 12.7. The number of benzene rings is 13. The summed E-state index contributed by atoms with van der Waals surface area (Å²) in [5.41, 5.74) is 24.5. The molecule has 10 heteroatoms. The van der Waals surface area contributed by atoms with E-state index in [1.807, 2.05) is 182 Å². The van der Waals surface area contributed by atoms with E-state index in [-0.39, 0.29) is 5.91 Å². The first-order chi connectivity index (χ1) is 44.1. The molecule has 5 N–H and O–H groups in total. The van der Waals surface area contributed by atoms with Gasteiger partial charge in [0, 0.05) is 59.2 Å². The van der Waals surface area contributed by atoms with Crippen LogP contribution in [0.15, 0.2) is 328 Å². The number of nitrogen functional groups attached to an aromatic ring is 1. The summed E-state index contributed by atoms with van der Waals surface area (Å²) < 4.78 is 0. The monoisotopic (exact) mass is 1230 g/mol. The van der Waals surface area contributed by atoms with Gasteiger partial charge in [-0.1, -0.05) is 314 Å². The van der Waals surface area contributed by atoms with Gasteiger partial charge in [0.2, 0.25) is 0 Å². The van der Waals surface area contributed by atoms with E-state index in [1.165, 1.54) is 27.6 Å². The molecule has 0 unspecified atom stereocenters. The second kappa shape index (κ2) is 29.6. The smallest absolute Gasteiger partial charge is 0.423 e. The van der Waals surface area contributed by atoms with E-state index in [1.54, 1.807) is 36.4 Å². The predicted octanol–water partition coefficient (Wildman–Crippen LogP) is 20.6. The third-order valence-electron chi connectivity index (χ3n) is 15.1. The number of carbonyl (C=O) groups excluding carboxylic acids is 1. The molecule has 1 heterocycles. The fourth-order valence-corrected chi connectivity index (χ4v) is 11.4. The quantitative estimate of drug-likeness (QED) is 0.0620. The van der Waals surface area contributed by atoms with Gasteiger partial charge in [-0.3, -0.25) is 4.79 Å². The van der Waals surface area contributed by atoms with Crippen molar-refractivity contribution < 1.29 is 14.8 Å². The van der Waals surface area contributed by atoms with Gasteiger partial charge >= 0.3 is 7.12 Å². The van der Waals surface area contributed by atoms with Crippen LogP contribution in [0.4, 0.5) is 11.4 Å². The first kappa shape index (κ1) is 61.3. The van der Waals surface area contributed by atoms with Crippen LogP contribution >= 0.6 is 34.8 Å². The lowest BCUT2D eigenvalue weighted by Crippen LogP contribution is -2.31. The summed E-state index contributed by atoms with van der Waals surface area (Å²) in [5, 5.41) is 26.9. The zero-order chi connectivity index (χ0) is 62.2. The molecule has 14 aromatic rings. The predicted molar refractivity (Wildman–Crippen MR) is 380 cm³/mol. The van der Waals surface area contributed by atoms with E-state index >= 15 is 0 Å². The summed E-state index contributed by atoms with van der Waals surface area (Å²) in [6.45, 7) is 0. The topological polar surface area (TPSA) is 108 Å². The lowest BCUT2D eigenvalue weighted by atomic mass is 9.75. The Morgan fingerprint density at radius 2 is 0.756 bits per heavy atom. The fraction of sp³-hybridized carbons (Fsp3) is 0. The molecule has 0 saturated carbocycles. The molecule has 90 heavy (non-hydrogen) atoms. The molecule has 14 rings (SSSR count). The number of rotatable bonds is 10. The standard InChI is InChI=1S/C25H18ClNO.C25H16ClN.C18H14ClN.C12H11BO2/c26-20-15-16-23(24(17-20)27-25(28)19-11-5-2-6-12-19)22-14-8-7-13-21(22)18-9-3-1-4-10-18;26-19-14-15-21-23(16-19)27-25(18-10-5-2-6-11-18)22-13-7-12-20(24(21)22)17-8-3-1-4-9-17;19-14-10-11-17(18(20)12-14)16-9-5-4-8-15(16)13-6-2-1-3-7-13;14-13(15)12-9-5-4-8-11(12)10-6-2-1-3-7-10/h1-17H,(H,27,28);1-16H;1-12H,20H2;1-9,14-15H. The lowest BCUT2D eigenvalue weighted by Gasteiger charge is -2.15. The summed E-state index contributed by atoms with van der Waals surface area (Å²) in [5.74, 6) is -0.165. The van der Waals surface area contributed by atoms with Crippen molar-refractivity contribution in [3.05, 3.63) is 348 Å². The molecule has 13 aromatic carbocycles. The van der Waals surface area contributed by atoms with Crippen molar-refractivity contribution in [3.8, 4) is 78.0 Å². The number of amides is 1. The molecule has 0 radical (unpaired) electrons. The van der Waals surface area contributed by atoms with Crippen molar-refractivity contribution in [3.63, 3.8) is 0 Å². The average Bonchev–Trinajstić information content (AvgIpc) is 0.794. The molecule has 0 aliphatic carbocycles. The number of hydrogen-bond acceptors (Lipinski definition) is 5. The SMILES string of the molecule is Clc1ccc2c(c1)nc(-c1ccccc1)c1cccc(-c3ccccc3)c12.Nc1cc(Cl)ccc1-c1ccccc1-c1ccccc1.O=C(Nc1cc(Cl)ccc1-c1ccccc1-c1ccccc1)c1ccccc1.OB(O)c1ccccc1-c1ccccc1. The molecule has 0 aliphatic rings. The maximum Gasteiger partial charge on any atom is 0.489 e. The minimum Gasteiger partial charge on any atom is -0.423 e. The van der Waals surface area contributed by atoms with Gasteiger partial charge in [-0.2, -0.15) is 0 Å². The second-order valence-corrected chi connectivity index (χ2v) is 22.3. The van der Waals surface area contributed by atoms with Crippen molar-refractivity contribution in [1.82, 2.24) is 4.98 Å². The average molecular weight is 1230 g/mol. The van der Waals surface area contributed by atoms with Crippen LogP contribution in [0.5, 0.6) is 0 Å². The molecule has 436 valence electrons. The summed E-state index contributed by atoms with van der Waals surface area (Å²) in [6.07, 6.45) is 0. The Morgan fingerprint density at radius 3 is 1.29 bits per heavy atom. The number of nitrogens with one attached hydrogen (secondary N) is 1. The van der Waals surface area contributed by atoms with Crippen molar-refractivity contribution in [2.24, 2.45) is 0 Å². The van der Waals surface area contributed by atoms with E-state index in [2.05, 4.69) is 115 Å². The zero-order valence-electron chi connectivity index (χ0n) is 48.7. The number of hydrogen-bond donors (Lipinski definition) is 4. The van der Waals surface area contributed by atoms with Crippen molar-refractivity contribution in [2.45, 2.75) is 0 Å². The van der Waals surface area contributed by atoms with Gasteiger partial charge < -0.3 is 21.1 Å². The van der Waals surface area contributed by atoms with E-state index in [9.17, 15) is 14.8 Å². The number of halogens is 3. The van der Waals surface area contributed by atoms with Crippen LogP contribution in [0.3, 0.4) is 0 Å². The van der Waals surface area contributed by atoms with Gasteiger partial charge in [-0.25, -0.2) is 4.98 Å². The highest BCUT2D eigenvalue weighted by Crippen LogP contribution is 2.41. The summed E-state index contributed by atoms with van der Waals surface area (Å²) >= 11 is 18.5. The van der Waals surface area contributed by atoms with Crippen LogP contribution < -0.4 is 16.5 Å². The van der Waals surface area contributed by atoms with Gasteiger partial charge in [0.05, 0.1) is 16.9 Å². The third kappa shape index (κ3) is 14.8. The van der Waals surface area contributed by atoms with E-state index in [0.29, 0.717) is 37.5 Å². The fourth-order valence-electron chi connectivity index (χ4n) is 10.9. The number of nitrogens with two attached hydrogens (primary N) is 1. The van der Waals surface area contributed by atoms with Crippen LogP contribution in [0.1, 0.15) is 10.4 Å². The molecule has 0 spiro atoms. The highest BCUT2D eigenvalue weighted by Gasteiger charge is 2.18. The van der Waals surface area contributed by atoms with E-state index in [0.717, 1.165) is 72.1 Å². The third-order valence-corrected chi connectivity index (χ3v) is 15.8. The van der Waals surface area contributed by atoms with Crippen molar-refractivity contribution >= 4 is 86.3 Å². The Labute approximate surface area is 539 Å². The highest BCUT2D eigenvalue weighted by atomic mass is 35.5. The van der Waals surface area contributed by atoms with Gasteiger partial charge in [-0.15, -0.1) is 0 Å². The van der Waals surface area contributed by atoms with Crippen molar-refractivity contribution in [1.29, 1.82) is 0 Å². The van der Waals surface area contributed by atoms with E-state index in [4.69, 9.17) is 45.5 Å². The minimum atomic E-state index is -1.43. The second-order valence-electron chi connectivity index (χ2n) is 21.0. The van der Waals surface area contributed by atoms with Gasteiger partial charge in [-0.05, 0) is 110 Å². The Hall–Kier alpha value is -10.3. The molecule has 1 amide bonds. The summed E-state index contributed by atoms with van der Waals surface area (Å²) in [6, 6.07) is 107. The number of anilines is 2. The molecule has 6 nitrogen and oxygen atoms in total. The Balaban J connectivity index is 0.000000127. The van der Waals surface area contributed by atoms with Crippen LogP contribution in [-0.4, -0.2) is 28.1 Å². The number of pyridine rings is 1. The highest BCUT2D eigenvalue weighted by molar-refractivity contribution is 6.60.